The predicted octanol–water partition coefficient (Wildman–Crippen LogP) is 3.67. The standard InChI is InChI=1S/C15H17NO2S/c1-5-16-14(17)13(19-15(16)18)8-12-10(3)6-9(2)7-11(12)4/h6-8H,5H2,1-4H3/b13-8+. The maximum Gasteiger partial charge on any atom is 0.293 e. The number of nitrogens with zero attached hydrogens (tertiary/aromatic N) is 1. The van der Waals surface area contributed by atoms with Crippen LogP contribution in [0.1, 0.15) is 29.2 Å². The van der Waals surface area contributed by atoms with Gasteiger partial charge in [-0.3, -0.25) is 14.5 Å². The van der Waals surface area contributed by atoms with Crippen LogP contribution in [0, 0.1) is 20.8 Å². The number of aryl methyl sites for hydroxylation is 3. The van der Waals surface area contributed by atoms with Crippen molar-refractivity contribution in [3.8, 4) is 0 Å². The highest BCUT2D eigenvalue weighted by molar-refractivity contribution is 8.18. The van der Waals surface area contributed by atoms with Crippen molar-refractivity contribution in [1.29, 1.82) is 0 Å². The van der Waals surface area contributed by atoms with Gasteiger partial charge >= 0.3 is 0 Å². The van der Waals surface area contributed by atoms with Gasteiger partial charge in [-0.25, -0.2) is 0 Å². The minimum Gasteiger partial charge on any atom is -0.269 e. The molecule has 0 atom stereocenters. The van der Waals surface area contributed by atoms with Gasteiger partial charge in [-0.2, -0.15) is 0 Å². The molecule has 0 radical (unpaired) electrons. The highest BCUT2D eigenvalue weighted by Gasteiger charge is 2.33. The second kappa shape index (κ2) is 5.21. The van der Waals surface area contributed by atoms with Crippen LogP contribution in [0.2, 0.25) is 0 Å². The molecular formula is C15H17NO2S. The van der Waals surface area contributed by atoms with E-state index in [2.05, 4.69) is 19.1 Å². The maximum absolute atomic E-state index is 12.1. The number of hydrogen-bond donors (Lipinski definition) is 0. The number of carbonyl (C=O) groups excluding carboxylic acids is 2. The molecule has 2 rings (SSSR count). The van der Waals surface area contributed by atoms with Crippen LogP contribution in [0.4, 0.5) is 4.79 Å². The largest absolute Gasteiger partial charge is 0.293 e. The summed E-state index contributed by atoms with van der Waals surface area (Å²) in [7, 11) is 0. The van der Waals surface area contributed by atoms with E-state index >= 15 is 0 Å². The van der Waals surface area contributed by atoms with Gasteiger partial charge in [-0.05, 0) is 62.2 Å². The van der Waals surface area contributed by atoms with Gasteiger partial charge in [0.05, 0.1) is 4.91 Å². The highest BCUT2D eigenvalue weighted by Crippen LogP contribution is 2.33. The second-order valence-electron chi connectivity index (χ2n) is 4.74. The third kappa shape index (κ3) is 2.59. The number of likely N-dealkylation sites (N-methyl/N-ethyl adjacent to an activating group) is 1. The van der Waals surface area contributed by atoms with Gasteiger partial charge in [0.2, 0.25) is 0 Å². The SMILES string of the molecule is CCN1C(=O)S/C(=C/c2c(C)cc(C)cc2C)C1=O. The van der Waals surface area contributed by atoms with Crippen molar-refractivity contribution >= 4 is 29.0 Å². The van der Waals surface area contributed by atoms with Crippen LogP contribution in [0.3, 0.4) is 0 Å². The van der Waals surface area contributed by atoms with E-state index in [0.717, 1.165) is 28.5 Å². The Morgan fingerprint density at radius 1 is 1.16 bits per heavy atom. The number of imide groups is 1. The minimum absolute atomic E-state index is 0.179. The Labute approximate surface area is 117 Å². The monoisotopic (exact) mass is 275 g/mol. The van der Waals surface area contributed by atoms with Gasteiger partial charge in [-0.15, -0.1) is 0 Å². The van der Waals surface area contributed by atoms with E-state index in [1.54, 1.807) is 0 Å². The lowest BCUT2D eigenvalue weighted by molar-refractivity contribution is -0.122. The fraction of sp³-hybridized carbons (Fsp3) is 0.333. The molecule has 0 N–H and O–H groups in total. The summed E-state index contributed by atoms with van der Waals surface area (Å²) in [5.41, 5.74) is 4.49. The third-order valence-electron chi connectivity index (χ3n) is 3.20. The molecule has 1 saturated heterocycles. The van der Waals surface area contributed by atoms with Crippen molar-refractivity contribution in [2.24, 2.45) is 0 Å². The van der Waals surface area contributed by atoms with E-state index in [4.69, 9.17) is 0 Å². The molecule has 1 aromatic rings. The first-order chi connectivity index (χ1) is 8.93. The Balaban J connectivity index is 2.43. The van der Waals surface area contributed by atoms with Crippen molar-refractivity contribution in [3.05, 3.63) is 39.3 Å². The lowest BCUT2D eigenvalue weighted by atomic mass is 9.99. The Morgan fingerprint density at radius 2 is 1.74 bits per heavy atom. The summed E-state index contributed by atoms with van der Waals surface area (Å²) >= 11 is 1.02. The van der Waals surface area contributed by atoms with Crippen molar-refractivity contribution in [2.75, 3.05) is 6.54 Å². The average Bonchev–Trinajstić information content (AvgIpc) is 2.58. The lowest BCUT2D eigenvalue weighted by Gasteiger charge is -2.09. The van der Waals surface area contributed by atoms with E-state index < -0.39 is 0 Å². The summed E-state index contributed by atoms with van der Waals surface area (Å²) in [6, 6.07) is 4.17. The molecule has 19 heavy (non-hydrogen) atoms. The zero-order valence-corrected chi connectivity index (χ0v) is 12.4. The number of carbonyl (C=O) groups is 2. The first-order valence-electron chi connectivity index (χ1n) is 6.27. The van der Waals surface area contributed by atoms with Crippen LogP contribution in [-0.4, -0.2) is 22.6 Å². The molecule has 100 valence electrons. The topological polar surface area (TPSA) is 37.4 Å². The van der Waals surface area contributed by atoms with Crippen molar-refractivity contribution < 1.29 is 9.59 Å². The van der Waals surface area contributed by atoms with Gasteiger partial charge in [0, 0.05) is 6.54 Å². The second-order valence-corrected chi connectivity index (χ2v) is 5.73. The van der Waals surface area contributed by atoms with Gasteiger partial charge in [0.1, 0.15) is 0 Å². The zero-order chi connectivity index (χ0) is 14.2. The summed E-state index contributed by atoms with van der Waals surface area (Å²) in [5.74, 6) is -0.183. The Morgan fingerprint density at radius 3 is 2.21 bits per heavy atom. The van der Waals surface area contributed by atoms with Crippen molar-refractivity contribution in [1.82, 2.24) is 4.90 Å². The quantitative estimate of drug-likeness (QED) is 0.773. The zero-order valence-electron chi connectivity index (χ0n) is 11.6. The van der Waals surface area contributed by atoms with E-state index in [1.807, 2.05) is 26.8 Å². The molecule has 0 saturated carbocycles. The summed E-state index contributed by atoms with van der Waals surface area (Å²) in [5, 5.41) is -0.179. The van der Waals surface area contributed by atoms with Crippen LogP contribution in [0.25, 0.3) is 6.08 Å². The fourth-order valence-corrected chi connectivity index (χ4v) is 3.21. The van der Waals surface area contributed by atoms with Gasteiger partial charge in [-0.1, -0.05) is 17.7 Å². The highest BCUT2D eigenvalue weighted by atomic mass is 32.2. The Hall–Kier alpha value is -1.55. The van der Waals surface area contributed by atoms with Crippen LogP contribution in [0.15, 0.2) is 17.0 Å². The lowest BCUT2D eigenvalue weighted by Crippen LogP contribution is -2.27. The molecule has 1 aromatic carbocycles. The smallest absolute Gasteiger partial charge is 0.269 e. The first-order valence-corrected chi connectivity index (χ1v) is 7.09. The van der Waals surface area contributed by atoms with Crippen molar-refractivity contribution in [2.45, 2.75) is 27.7 Å². The number of amides is 2. The average molecular weight is 275 g/mol. The molecule has 0 aromatic heterocycles. The van der Waals surface area contributed by atoms with E-state index in [-0.39, 0.29) is 11.1 Å². The molecule has 0 unspecified atom stereocenters. The molecule has 0 spiro atoms. The van der Waals surface area contributed by atoms with Crippen LogP contribution < -0.4 is 0 Å². The van der Waals surface area contributed by atoms with Crippen LogP contribution in [0.5, 0.6) is 0 Å². The summed E-state index contributed by atoms with van der Waals surface area (Å²) in [6.07, 6.45) is 1.84. The Bertz CT molecular complexity index is 567. The van der Waals surface area contributed by atoms with Gasteiger partial charge in [0.25, 0.3) is 11.1 Å². The first kappa shape index (κ1) is 13.9. The molecular weight excluding hydrogens is 258 g/mol. The summed E-state index contributed by atoms with van der Waals surface area (Å²) in [6.45, 7) is 8.33. The molecule has 3 nitrogen and oxygen atoms in total. The normalized spacial score (nSPS) is 17.7. The molecule has 1 aliphatic rings. The Kier molecular flexibility index (Phi) is 3.80. The predicted molar refractivity (Wildman–Crippen MR) is 79.0 cm³/mol. The summed E-state index contributed by atoms with van der Waals surface area (Å²) in [4.78, 5) is 25.5. The minimum atomic E-state index is -0.183. The van der Waals surface area contributed by atoms with Crippen molar-refractivity contribution in [3.63, 3.8) is 0 Å². The third-order valence-corrected chi connectivity index (χ3v) is 4.11. The molecule has 0 bridgehead atoms. The molecule has 2 amide bonds. The molecule has 4 heteroatoms. The number of rotatable bonds is 2. The van der Waals surface area contributed by atoms with E-state index in [9.17, 15) is 9.59 Å². The fourth-order valence-electron chi connectivity index (χ4n) is 2.32. The number of hydrogen-bond acceptors (Lipinski definition) is 3. The van der Waals surface area contributed by atoms with E-state index in [1.165, 1.54) is 10.5 Å². The molecule has 1 aliphatic heterocycles. The number of thioether (sulfide) groups is 1. The van der Waals surface area contributed by atoms with E-state index in [0.29, 0.717) is 11.4 Å². The molecule has 1 heterocycles. The van der Waals surface area contributed by atoms with Crippen LogP contribution in [-0.2, 0) is 4.79 Å². The molecule has 0 aliphatic carbocycles. The van der Waals surface area contributed by atoms with Gasteiger partial charge < -0.3 is 0 Å². The maximum atomic E-state index is 12.1. The van der Waals surface area contributed by atoms with Gasteiger partial charge in [0.15, 0.2) is 0 Å². The molecule has 1 fully saturated rings. The number of benzene rings is 1. The summed E-state index contributed by atoms with van der Waals surface area (Å²) < 4.78 is 0. The van der Waals surface area contributed by atoms with Crippen LogP contribution >= 0.6 is 11.8 Å².